The second-order valence-corrected chi connectivity index (χ2v) is 6.04. The summed E-state index contributed by atoms with van der Waals surface area (Å²) in [7, 11) is 1.64. The minimum absolute atomic E-state index is 0.0134. The van der Waals surface area contributed by atoms with Crippen molar-refractivity contribution in [3.05, 3.63) is 0 Å². The summed E-state index contributed by atoms with van der Waals surface area (Å²) in [5, 5.41) is 19.8. The summed E-state index contributed by atoms with van der Waals surface area (Å²) >= 11 is 0. The standard InChI is InChI=1S/C14H27NO4/c1-10(8-18-2)19-9-12(16)6-15-5-11-3-4-14(17)13(11)7-15/h10-14,16-17H,3-9H2,1-2H3. The number of β-amino-alcohol motifs (C(OH)–C–C–N with tert-alkyl or cyclic N) is 1. The number of nitrogens with zero attached hydrogens (tertiary/aromatic N) is 1. The quantitative estimate of drug-likeness (QED) is 0.689. The molecule has 1 aliphatic heterocycles. The maximum atomic E-state index is 9.99. The average Bonchev–Trinajstić information content (AvgIpc) is 2.90. The Hall–Kier alpha value is -0.200. The zero-order valence-corrected chi connectivity index (χ0v) is 12.0. The normalized spacial score (nSPS) is 34.4. The Kier molecular flexibility index (Phi) is 5.59. The molecule has 1 saturated heterocycles. The van der Waals surface area contributed by atoms with E-state index in [1.54, 1.807) is 7.11 Å². The molecule has 0 aromatic heterocycles. The number of hydrogen-bond acceptors (Lipinski definition) is 5. The number of aliphatic hydroxyl groups is 2. The summed E-state index contributed by atoms with van der Waals surface area (Å²) in [6.07, 6.45) is 1.49. The summed E-state index contributed by atoms with van der Waals surface area (Å²) in [6.45, 7) is 5.39. The van der Waals surface area contributed by atoms with Crippen molar-refractivity contribution in [3.8, 4) is 0 Å². The highest BCUT2D eigenvalue weighted by atomic mass is 16.5. The Labute approximate surface area is 115 Å². The summed E-state index contributed by atoms with van der Waals surface area (Å²) in [6, 6.07) is 0. The highest BCUT2D eigenvalue weighted by molar-refractivity contribution is 4.93. The van der Waals surface area contributed by atoms with Crippen LogP contribution in [0.1, 0.15) is 19.8 Å². The molecule has 5 nitrogen and oxygen atoms in total. The summed E-state index contributed by atoms with van der Waals surface area (Å²) in [5.41, 5.74) is 0. The SMILES string of the molecule is COCC(C)OCC(O)CN1CC2CCC(O)C2C1. The van der Waals surface area contributed by atoms with Gasteiger partial charge in [-0.3, -0.25) is 0 Å². The molecule has 1 saturated carbocycles. The average molecular weight is 273 g/mol. The van der Waals surface area contributed by atoms with Gasteiger partial charge in [-0.2, -0.15) is 0 Å². The summed E-state index contributed by atoms with van der Waals surface area (Å²) in [4.78, 5) is 2.26. The molecule has 2 N–H and O–H groups in total. The molecule has 5 unspecified atom stereocenters. The topological polar surface area (TPSA) is 62.2 Å². The molecule has 2 fully saturated rings. The van der Waals surface area contributed by atoms with E-state index in [4.69, 9.17) is 9.47 Å². The first-order valence-corrected chi connectivity index (χ1v) is 7.29. The highest BCUT2D eigenvalue weighted by Crippen LogP contribution is 2.37. The third kappa shape index (κ3) is 4.13. The largest absolute Gasteiger partial charge is 0.393 e. The van der Waals surface area contributed by atoms with Crippen LogP contribution >= 0.6 is 0 Å². The summed E-state index contributed by atoms with van der Waals surface area (Å²) < 4.78 is 10.5. The summed E-state index contributed by atoms with van der Waals surface area (Å²) in [5.74, 6) is 1.04. The first kappa shape index (κ1) is 15.2. The first-order valence-electron chi connectivity index (χ1n) is 7.29. The molecular weight excluding hydrogens is 246 g/mol. The fraction of sp³-hybridized carbons (Fsp3) is 1.00. The van der Waals surface area contributed by atoms with Crippen LogP contribution in [0.25, 0.3) is 0 Å². The van der Waals surface area contributed by atoms with Gasteiger partial charge < -0.3 is 24.6 Å². The number of rotatable bonds is 7. The number of ether oxygens (including phenoxy) is 2. The lowest BCUT2D eigenvalue weighted by Gasteiger charge is -2.22. The Morgan fingerprint density at radius 3 is 2.74 bits per heavy atom. The maximum Gasteiger partial charge on any atom is 0.0900 e. The van der Waals surface area contributed by atoms with Crippen molar-refractivity contribution in [2.75, 3.05) is 40.0 Å². The van der Waals surface area contributed by atoms with Gasteiger partial charge in [-0.25, -0.2) is 0 Å². The molecule has 5 atom stereocenters. The van der Waals surface area contributed by atoms with Gasteiger partial charge in [0.05, 0.1) is 31.5 Å². The lowest BCUT2D eigenvalue weighted by Crippen LogP contribution is -2.35. The molecule has 0 bridgehead atoms. The van der Waals surface area contributed by atoms with Crippen molar-refractivity contribution in [2.24, 2.45) is 11.8 Å². The van der Waals surface area contributed by atoms with Gasteiger partial charge in [0.2, 0.25) is 0 Å². The van der Waals surface area contributed by atoms with Crippen LogP contribution in [-0.2, 0) is 9.47 Å². The molecule has 0 aromatic rings. The van der Waals surface area contributed by atoms with Crippen LogP contribution in [0, 0.1) is 11.8 Å². The van der Waals surface area contributed by atoms with E-state index in [9.17, 15) is 10.2 Å². The van der Waals surface area contributed by atoms with Gasteiger partial charge in [-0.05, 0) is 25.7 Å². The number of fused-ring (bicyclic) bond motifs is 1. The Morgan fingerprint density at radius 2 is 2.05 bits per heavy atom. The second kappa shape index (κ2) is 6.99. The fourth-order valence-corrected chi connectivity index (χ4v) is 3.39. The minimum Gasteiger partial charge on any atom is -0.393 e. The molecule has 1 aliphatic carbocycles. The van der Waals surface area contributed by atoms with Gasteiger partial charge in [0.15, 0.2) is 0 Å². The fourth-order valence-electron chi connectivity index (χ4n) is 3.39. The molecule has 5 heteroatoms. The van der Waals surface area contributed by atoms with E-state index in [2.05, 4.69) is 4.90 Å². The van der Waals surface area contributed by atoms with Gasteiger partial charge in [0, 0.05) is 32.7 Å². The molecule has 0 aromatic carbocycles. The number of hydrogen-bond donors (Lipinski definition) is 2. The molecular formula is C14H27NO4. The Balaban J connectivity index is 1.65. The van der Waals surface area contributed by atoms with Gasteiger partial charge >= 0.3 is 0 Å². The molecule has 1 heterocycles. The smallest absolute Gasteiger partial charge is 0.0900 e. The molecule has 0 radical (unpaired) electrons. The Morgan fingerprint density at radius 1 is 1.26 bits per heavy atom. The van der Waals surface area contributed by atoms with Crippen molar-refractivity contribution in [1.29, 1.82) is 0 Å². The molecule has 2 aliphatic rings. The van der Waals surface area contributed by atoms with E-state index in [-0.39, 0.29) is 12.2 Å². The predicted molar refractivity (Wildman–Crippen MR) is 72.0 cm³/mol. The van der Waals surface area contributed by atoms with Crippen LogP contribution in [0.5, 0.6) is 0 Å². The van der Waals surface area contributed by atoms with E-state index < -0.39 is 6.10 Å². The van der Waals surface area contributed by atoms with E-state index in [1.807, 2.05) is 6.92 Å². The van der Waals surface area contributed by atoms with Crippen LogP contribution < -0.4 is 0 Å². The predicted octanol–water partition coefficient (Wildman–Crippen LogP) is 0.102. The monoisotopic (exact) mass is 273 g/mol. The van der Waals surface area contributed by atoms with Crippen LogP contribution in [0.15, 0.2) is 0 Å². The van der Waals surface area contributed by atoms with E-state index in [1.165, 1.54) is 0 Å². The third-order valence-corrected chi connectivity index (χ3v) is 4.34. The van der Waals surface area contributed by atoms with Crippen molar-refractivity contribution >= 4 is 0 Å². The van der Waals surface area contributed by atoms with Crippen LogP contribution in [0.3, 0.4) is 0 Å². The lowest BCUT2D eigenvalue weighted by atomic mass is 10.00. The maximum absolute atomic E-state index is 9.99. The zero-order valence-electron chi connectivity index (χ0n) is 12.0. The molecule has 0 spiro atoms. The van der Waals surface area contributed by atoms with Crippen LogP contribution in [0.4, 0.5) is 0 Å². The van der Waals surface area contributed by atoms with Crippen molar-refractivity contribution in [2.45, 2.75) is 38.1 Å². The van der Waals surface area contributed by atoms with Crippen molar-refractivity contribution in [3.63, 3.8) is 0 Å². The van der Waals surface area contributed by atoms with Gasteiger partial charge in [-0.15, -0.1) is 0 Å². The molecule has 0 amide bonds. The Bertz CT molecular complexity index is 276. The van der Waals surface area contributed by atoms with Crippen LogP contribution in [0.2, 0.25) is 0 Å². The molecule has 112 valence electrons. The number of aliphatic hydroxyl groups excluding tert-OH is 2. The van der Waals surface area contributed by atoms with E-state index in [0.717, 1.165) is 25.9 Å². The molecule has 2 rings (SSSR count). The van der Waals surface area contributed by atoms with Crippen LogP contribution in [-0.4, -0.2) is 73.4 Å². The minimum atomic E-state index is -0.463. The van der Waals surface area contributed by atoms with Gasteiger partial charge in [0.1, 0.15) is 0 Å². The highest BCUT2D eigenvalue weighted by Gasteiger charge is 2.41. The van der Waals surface area contributed by atoms with E-state index >= 15 is 0 Å². The zero-order chi connectivity index (χ0) is 13.8. The second-order valence-electron chi connectivity index (χ2n) is 6.04. The first-order chi connectivity index (χ1) is 9.10. The lowest BCUT2D eigenvalue weighted by molar-refractivity contribution is -0.0390. The number of methoxy groups -OCH3 is 1. The van der Waals surface area contributed by atoms with E-state index in [0.29, 0.717) is 31.6 Å². The van der Waals surface area contributed by atoms with Gasteiger partial charge in [-0.1, -0.05) is 0 Å². The third-order valence-electron chi connectivity index (χ3n) is 4.34. The van der Waals surface area contributed by atoms with Gasteiger partial charge in [0.25, 0.3) is 0 Å². The van der Waals surface area contributed by atoms with Crippen molar-refractivity contribution < 1.29 is 19.7 Å². The van der Waals surface area contributed by atoms with Crippen molar-refractivity contribution in [1.82, 2.24) is 4.90 Å². The molecule has 19 heavy (non-hydrogen) atoms. The number of likely N-dealkylation sites (tertiary alicyclic amines) is 1.